The number of nitrogens with zero attached hydrogens (tertiary/aromatic N) is 1. The number of benzene rings is 2. The molecular formula is C19H17ClN2O4. The quantitative estimate of drug-likeness (QED) is 0.646. The fraction of sp³-hybridized carbons (Fsp3) is 0.211. The first-order chi connectivity index (χ1) is 12.4. The third-order valence-electron chi connectivity index (χ3n) is 4.26. The normalized spacial score (nSPS) is 19.4. The van der Waals surface area contributed by atoms with Crippen molar-refractivity contribution >= 4 is 29.5 Å². The summed E-state index contributed by atoms with van der Waals surface area (Å²) in [6.45, 7) is 1.12. The number of imide groups is 1. The Bertz CT molecular complexity index is 856. The SMILES string of the molecule is C[C@]1(c2ccccc2)NC(=O)N(CC(=O)OCc2ccccc2Cl)C1=O. The van der Waals surface area contributed by atoms with Crippen molar-refractivity contribution in [1.82, 2.24) is 10.2 Å². The lowest BCUT2D eigenvalue weighted by molar-refractivity contribution is -0.148. The third kappa shape index (κ3) is 3.41. The molecule has 0 spiro atoms. The molecule has 134 valence electrons. The van der Waals surface area contributed by atoms with E-state index in [1.807, 2.05) is 6.07 Å². The van der Waals surface area contributed by atoms with E-state index in [2.05, 4.69) is 5.32 Å². The van der Waals surface area contributed by atoms with Gasteiger partial charge in [-0.2, -0.15) is 0 Å². The van der Waals surface area contributed by atoms with Gasteiger partial charge in [0.25, 0.3) is 5.91 Å². The van der Waals surface area contributed by atoms with Crippen LogP contribution in [0.25, 0.3) is 0 Å². The van der Waals surface area contributed by atoms with E-state index >= 15 is 0 Å². The molecule has 2 aromatic carbocycles. The van der Waals surface area contributed by atoms with Crippen LogP contribution in [0, 0.1) is 0 Å². The number of nitrogens with one attached hydrogen (secondary N) is 1. The first kappa shape index (κ1) is 17.9. The molecule has 1 aliphatic heterocycles. The molecule has 0 saturated carbocycles. The number of halogens is 1. The van der Waals surface area contributed by atoms with Gasteiger partial charge in [-0.05, 0) is 18.6 Å². The molecule has 0 radical (unpaired) electrons. The fourth-order valence-corrected chi connectivity index (χ4v) is 2.95. The number of urea groups is 1. The van der Waals surface area contributed by atoms with Crippen molar-refractivity contribution < 1.29 is 19.1 Å². The van der Waals surface area contributed by atoms with E-state index in [1.165, 1.54) is 0 Å². The molecule has 0 bridgehead atoms. The van der Waals surface area contributed by atoms with Gasteiger partial charge in [0.05, 0.1) is 0 Å². The minimum atomic E-state index is -1.21. The number of rotatable bonds is 5. The Labute approximate surface area is 155 Å². The van der Waals surface area contributed by atoms with Crippen molar-refractivity contribution in [3.63, 3.8) is 0 Å². The Hall–Kier alpha value is -2.86. The molecule has 0 aliphatic carbocycles. The molecule has 0 unspecified atom stereocenters. The molecule has 1 atom stereocenters. The molecule has 1 heterocycles. The highest BCUT2D eigenvalue weighted by atomic mass is 35.5. The molecule has 0 aromatic heterocycles. The molecule has 1 fully saturated rings. The summed E-state index contributed by atoms with van der Waals surface area (Å²) in [5.74, 6) is -1.19. The molecule has 26 heavy (non-hydrogen) atoms. The number of carbonyl (C=O) groups is 3. The van der Waals surface area contributed by atoms with Crippen LogP contribution >= 0.6 is 11.6 Å². The predicted octanol–water partition coefficient (Wildman–Crippen LogP) is 2.85. The van der Waals surface area contributed by atoms with Crippen LogP contribution in [-0.4, -0.2) is 29.4 Å². The average molecular weight is 373 g/mol. The summed E-state index contributed by atoms with van der Waals surface area (Å²) in [6.07, 6.45) is 0. The van der Waals surface area contributed by atoms with E-state index in [-0.39, 0.29) is 6.61 Å². The molecule has 1 saturated heterocycles. The van der Waals surface area contributed by atoms with Crippen molar-refractivity contribution in [3.8, 4) is 0 Å². The molecule has 1 N–H and O–H groups in total. The molecule has 2 aromatic rings. The van der Waals surface area contributed by atoms with E-state index in [0.717, 1.165) is 4.90 Å². The van der Waals surface area contributed by atoms with Crippen LogP contribution in [0.4, 0.5) is 4.79 Å². The van der Waals surface area contributed by atoms with E-state index in [0.29, 0.717) is 16.1 Å². The van der Waals surface area contributed by atoms with E-state index in [9.17, 15) is 14.4 Å². The molecular weight excluding hydrogens is 356 g/mol. The second kappa shape index (κ2) is 7.17. The topological polar surface area (TPSA) is 75.7 Å². The van der Waals surface area contributed by atoms with Gasteiger partial charge in [0.15, 0.2) is 0 Å². The summed E-state index contributed by atoms with van der Waals surface area (Å²) in [6, 6.07) is 15.2. The summed E-state index contributed by atoms with van der Waals surface area (Å²) >= 11 is 6.01. The molecule has 6 nitrogen and oxygen atoms in total. The van der Waals surface area contributed by atoms with Crippen molar-refractivity contribution in [2.24, 2.45) is 0 Å². The number of hydrogen-bond acceptors (Lipinski definition) is 4. The number of ether oxygens (including phenoxy) is 1. The summed E-state index contributed by atoms with van der Waals surface area (Å²) in [7, 11) is 0. The Morgan fingerprint density at radius 2 is 1.77 bits per heavy atom. The standard InChI is InChI=1S/C19H17ClN2O4/c1-19(14-8-3-2-4-9-14)17(24)22(18(25)21-19)11-16(23)26-12-13-7-5-6-10-15(13)20/h2-10H,11-12H2,1H3,(H,21,25)/t19-/m1/s1. The van der Waals surface area contributed by atoms with Gasteiger partial charge in [-0.1, -0.05) is 60.1 Å². The molecule has 7 heteroatoms. The van der Waals surface area contributed by atoms with Gasteiger partial charge in [-0.25, -0.2) is 4.79 Å². The molecule has 3 amide bonds. The Morgan fingerprint density at radius 3 is 2.46 bits per heavy atom. The lowest BCUT2D eigenvalue weighted by atomic mass is 9.92. The van der Waals surface area contributed by atoms with Crippen LogP contribution in [-0.2, 0) is 26.5 Å². The zero-order valence-corrected chi connectivity index (χ0v) is 14.8. The lowest BCUT2D eigenvalue weighted by Gasteiger charge is -2.21. The minimum Gasteiger partial charge on any atom is -0.459 e. The number of carbonyl (C=O) groups excluding carboxylic acids is 3. The average Bonchev–Trinajstić information content (AvgIpc) is 2.86. The van der Waals surface area contributed by atoms with Crippen molar-refractivity contribution in [1.29, 1.82) is 0 Å². The maximum Gasteiger partial charge on any atom is 0.326 e. The van der Waals surface area contributed by atoms with Gasteiger partial charge in [-0.15, -0.1) is 0 Å². The summed E-state index contributed by atoms with van der Waals surface area (Å²) in [4.78, 5) is 37.9. The van der Waals surface area contributed by atoms with Gasteiger partial charge in [0.2, 0.25) is 0 Å². The van der Waals surface area contributed by atoms with Crippen LogP contribution in [0.1, 0.15) is 18.1 Å². The highest BCUT2D eigenvalue weighted by Crippen LogP contribution is 2.28. The second-order valence-electron chi connectivity index (χ2n) is 6.06. The maximum absolute atomic E-state index is 12.7. The highest BCUT2D eigenvalue weighted by molar-refractivity contribution is 6.31. The lowest BCUT2D eigenvalue weighted by Crippen LogP contribution is -2.41. The van der Waals surface area contributed by atoms with Crippen LogP contribution in [0.2, 0.25) is 5.02 Å². The Balaban J connectivity index is 1.66. The van der Waals surface area contributed by atoms with Gasteiger partial charge in [-0.3, -0.25) is 14.5 Å². The van der Waals surface area contributed by atoms with Gasteiger partial charge in [0.1, 0.15) is 18.7 Å². The zero-order valence-electron chi connectivity index (χ0n) is 14.1. The maximum atomic E-state index is 12.7. The third-order valence-corrected chi connectivity index (χ3v) is 4.63. The van der Waals surface area contributed by atoms with E-state index < -0.39 is 30.0 Å². The number of esters is 1. The molecule has 3 rings (SSSR count). The smallest absolute Gasteiger partial charge is 0.326 e. The van der Waals surface area contributed by atoms with Crippen molar-refractivity contribution in [2.45, 2.75) is 19.1 Å². The monoisotopic (exact) mass is 372 g/mol. The summed E-state index contributed by atoms with van der Waals surface area (Å²) in [5, 5.41) is 3.12. The first-order valence-corrected chi connectivity index (χ1v) is 8.38. The first-order valence-electron chi connectivity index (χ1n) is 8.00. The predicted molar refractivity (Wildman–Crippen MR) is 95.3 cm³/mol. The van der Waals surface area contributed by atoms with Gasteiger partial charge < -0.3 is 10.1 Å². The molecule has 1 aliphatic rings. The Kier molecular flexibility index (Phi) is 4.95. The summed E-state index contributed by atoms with van der Waals surface area (Å²) < 4.78 is 5.14. The van der Waals surface area contributed by atoms with Crippen LogP contribution < -0.4 is 5.32 Å². The zero-order chi connectivity index (χ0) is 18.7. The second-order valence-corrected chi connectivity index (χ2v) is 6.47. The highest BCUT2D eigenvalue weighted by Gasteiger charge is 2.49. The number of hydrogen-bond donors (Lipinski definition) is 1. The Morgan fingerprint density at radius 1 is 1.12 bits per heavy atom. The van der Waals surface area contributed by atoms with Crippen LogP contribution in [0.5, 0.6) is 0 Å². The van der Waals surface area contributed by atoms with Crippen LogP contribution in [0.15, 0.2) is 54.6 Å². The fourth-order valence-electron chi connectivity index (χ4n) is 2.76. The van der Waals surface area contributed by atoms with Crippen LogP contribution in [0.3, 0.4) is 0 Å². The van der Waals surface area contributed by atoms with Crippen molar-refractivity contribution in [3.05, 3.63) is 70.7 Å². The number of amides is 3. The largest absolute Gasteiger partial charge is 0.459 e. The minimum absolute atomic E-state index is 0.0297. The van der Waals surface area contributed by atoms with Gasteiger partial charge >= 0.3 is 12.0 Å². The van der Waals surface area contributed by atoms with Crippen molar-refractivity contribution in [2.75, 3.05) is 6.54 Å². The van der Waals surface area contributed by atoms with E-state index in [1.54, 1.807) is 55.5 Å². The summed E-state index contributed by atoms with van der Waals surface area (Å²) in [5.41, 5.74) is 0.0839. The van der Waals surface area contributed by atoms with E-state index in [4.69, 9.17) is 16.3 Å². The van der Waals surface area contributed by atoms with Gasteiger partial charge in [0, 0.05) is 10.6 Å².